The number of carbonyl (C=O) groups is 2. The van der Waals surface area contributed by atoms with Crippen molar-refractivity contribution in [1.29, 1.82) is 0 Å². The molecule has 0 bridgehead atoms. The van der Waals surface area contributed by atoms with Gasteiger partial charge in [-0.05, 0) is 44.8 Å². The van der Waals surface area contributed by atoms with Crippen molar-refractivity contribution >= 4 is 11.9 Å². The van der Waals surface area contributed by atoms with Crippen molar-refractivity contribution in [3.8, 4) is 11.5 Å². The number of carbonyl (C=O) groups excluding carboxylic acids is 2. The number of hydrogen-bond donors (Lipinski definition) is 2. The topological polar surface area (TPSA) is 79.9 Å². The van der Waals surface area contributed by atoms with E-state index in [1.54, 1.807) is 20.3 Å². The summed E-state index contributed by atoms with van der Waals surface area (Å²) in [7, 11) is 3.11. The summed E-state index contributed by atoms with van der Waals surface area (Å²) in [6.45, 7) is 3.73. The third-order valence-electron chi connectivity index (χ3n) is 5.27. The van der Waals surface area contributed by atoms with E-state index in [4.69, 9.17) is 9.47 Å². The smallest absolute Gasteiger partial charge is 0.325 e. The molecule has 7 nitrogen and oxygen atoms in total. The average molecular weight is 347 g/mol. The monoisotopic (exact) mass is 347 g/mol. The normalized spacial score (nSPS) is 24.4. The number of benzene rings is 1. The van der Waals surface area contributed by atoms with E-state index in [9.17, 15) is 9.59 Å². The SMILES string of the molecule is COc1cccc(CN2C(=O)NC(C)(C3CCNCC3)C2=O)c1OC. The van der Waals surface area contributed by atoms with Gasteiger partial charge in [-0.1, -0.05) is 12.1 Å². The molecular weight excluding hydrogens is 322 g/mol. The maximum Gasteiger partial charge on any atom is 0.325 e. The number of piperidine rings is 1. The van der Waals surface area contributed by atoms with Crippen molar-refractivity contribution < 1.29 is 19.1 Å². The first-order valence-corrected chi connectivity index (χ1v) is 8.56. The van der Waals surface area contributed by atoms with Crippen molar-refractivity contribution in [3.05, 3.63) is 23.8 Å². The Hall–Kier alpha value is -2.28. The highest BCUT2D eigenvalue weighted by Crippen LogP contribution is 2.35. The number of ether oxygens (including phenoxy) is 2. The number of amides is 3. The van der Waals surface area contributed by atoms with Crippen LogP contribution in [0.5, 0.6) is 11.5 Å². The van der Waals surface area contributed by atoms with E-state index in [0.717, 1.165) is 31.5 Å². The largest absolute Gasteiger partial charge is 0.493 e. The van der Waals surface area contributed by atoms with Gasteiger partial charge in [0.1, 0.15) is 5.54 Å². The van der Waals surface area contributed by atoms with Gasteiger partial charge in [0.25, 0.3) is 5.91 Å². The van der Waals surface area contributed by atoms with Crippen LogP contribution in [0.2, 0.25) is 0 Å². The highest BCUT2D eigenvalue weighted by atomic mass is 16.5. The zero-order valence-electron chi connectivity index (χ0n) is 14.9. The number of hydrogen-bond acceptors (Lipinski definition) is 5. The van der Waals surface area contributed by atoms with Crippen LogP contribution in [-0.2, 0) is 11.3 Å². The van der Waals surface area contributed by atoms with Gasteiger partial charge in [0.05, 0.1) is 20.8 Å². The van der Waals surface area contributed by atoms with E-state index in [2.05, 4.69) is 10.6 Å². The fraction of sp³-hybridized carbons (Fsp3) is 0.556. The van der Waals surface area contributed by atoms with Crippen molar-refractivity contribution in [2.24, 2.45) is 5.92 Å². The number of nitrogens with zero attached hydrogens (tertiary/aromatic N) is 1. The third kappa shape index (κ3) is 3.04. The molecule has 1 unspecified atom stereocenters. The zero-order chi connectivity index (χ0) is 18.0. The summed E-state index contributed by atoms with van der Waals surface area (Å²) in [5.74, 6) is 1.09. The molecule has 1 atom stereocenters. The van der Waals surface area contributed by atoms with Crippen LogP contribution in [0.25, 0.3) is 0 Å². The molecule has 2 saturated heterocycles. The van der Waals surface area contributed by atoms with Crippen molar-refractivity contribution in [2.45, 2.75) is 31.8 Å². The predicted octanol–water partition coefficient (Wildman–Crippen LogP) is 1.51. The van der Waals surface area contributed by atoms with E-state index < -0.39 is 5.54 Å². The fourth-order valence-corrected chi connectivity index (χ4v) is 3.78. The minimum atomic E-state index is -0.842. The summed E-state index contributed by atoms with van der Waals surface area (Å²) in [5, 5.41) is 6.22. The van der Waals surface area contributed by atoms with Gasteiger partial charge in [0.15, 0.2) is 11.5 Å². The molecule has 2 N–H and O–H groups in total. The number of para-hydroxylation sites is 1. The molecular formula is C18H25N3O4. The summed E-state index contributed by atoms with van der Waals surface area (Å²) in [5.41, 5.74) is -0.106. The van der Waals surface area contributed by atoms with Crippen LogP contribution in [0, 0.1) is 5.92 Å². The summed E-state index contributed by atoms with van der Waals surface area (Å²) >= 11 is 0. The zero-order valence-corrected chi connectivity index (χ0v) is 14.9. The number of nitrogens with one attached hydrogen (secondary N) is 2. The number of rotatable bonds is 5. The number of imide groups is 1. The van der Waals surface area contributed by atoms with E-state index in [1.807, 2.05) is 19.1 Å². The molecule has 136 valence electrons. The highest BCUT2D eigenvalue weighted by Gasteiger charge is 2.52. The Balaban J connectivity index is 1.84. The first kappa shape index (κ1) is 17.5. The van der Waals surface area contributed by atoms with Gasteiger partial charge in [-0.3, -0.25) is 9.69 Å². The van der Waals surface area contributed by atoms with E-state index in [1.165, 1.54) is 4.90 Å². The van der Waals surface area contributed by atoms with Gasteiger partial charge < -0.3 is 20.1 Å². The van der Waals surface area contributed by atoms with Crippen LogP contribution in [0.3, 0.4) is 0 Å². The quantitative estimate of drug-likeness (QED) is 0.790. The molecule has 0 spiro atoms. The first-order chi connectivity index (χ1) is 12.0. The highest BCUT2D eigenvalue weighted by molar-refractivity contribution is 6.07. The molecule has 0 aliphatic carbocycles. The van der Waals surface area contributed by atoms with Gasteiger partial charge in [-0.25, -0.2) is 4.79 Å². The van der Waals surface area contributed by atoms with Gasteiger partial charge in [0.2, 0.25) is 0 Å². The lowest BCUT2D eigenvalue weighted by molar-refractivity contribution is -0.133. The number of urea groups is 1. The second-order valence-electron chi connectivity index (χ2n) is 6.70. The van der Waals surface area contributed by atoms with Crippen molar-refractivity contribution in [1.82, 2.24) is 15.5 Å². The lowest BCUT2D eigenvalue weighted by Gasteiger charge is -2.34. The average Bonchev–Trinajstić information content (AvgIpc) is 2.86. The van der Waals surface area contributed by atoms with Gasteiger partial charge in [-0.2, -0.15) is 0 Å². The van der Waals surface area contributed by atoms with Gasteiger partial charge >= 0.3 is 6.03 Å². The Bertz CT molecular complexity index is 672. The van der Waals surface area contributed by atoms with E-state index >= 15 is 0 Å². The van der Waals surface area contributed by atoms with E-state index in [0.29, 0.717) is 11.5 Å². The molecule has 3 amide bonds. The summed E-state index contributed by atoms with van der Waals surface area (Å²) in [6.07, 6.45) is 1.75. The van der Waals surface area contributed by atoms with Crippen LogP contribution in [0.4, 0.5) is 4.79 Å². The molecule has 2 heterocycles. The Morgan fingerprint density at radius 3 is 2.56 bits per heavy atom. The van der Waals surface area contributed by atoms with Crippen LogP contribution in [0.15, 0.2) is 18.2 Å². The molecule has 2 aliphatic heterocycles. The van der Waals surface area contributed by atoms with E-state index in [-0.39, 0.29) is 24.4 Å². The minimum Gasteiger partial charge on any atom is -0.493 e. The van der Waals surface area contributed by atoms with Crippen molar-refractivity contribution in [3.63, 3.8) is 0 Å². The molecule has 1 aromatic rings. The lowest BCUT2D eigenvalue weighted by atomic mass is 9.79. The minimum absolute atomic E-state index is 0.141. The Labute approximate surface area is 147 Å². The first-order valence-electron chi connectivity index (χ1n) is 8.56. The van der Waals surface area contributed by atoms with Crippen LogP contribution in [0.1, 0.15) is 25.3 Å². The second-order valence-corrected chi connectivity index (χ2v) is 6.70. The molecule has 0 radical (unpaired) electrons. The molecule has 25 heavy (non-hydrogen) atoms. The van der Waals surface area contributed by atoms with Crippen LogP contribution in [-0.4, -0.2) is 49.7 Å². The Morgan fingerprint density at radius 1 is 1.20 bits per heavy atom. The molecule has 2 fully saturated rings. The second kappa shape index (κ2) is 6.92. The maximum atomic E-state index is 13.0. The molecule has 3 rings (SSSR count). The Kier molecular flexibility index (Phi) is 4.85. The van der Waals surface area contributed by atoms with Crippen LogP contribution < -0.4 is 20.1 Å². The predicted molar refractivity (Wildman–Crippen MR) is 92.6 cm³/mol. The van der Waals surface area contributed by atoms with Crippen LogP contribution >= 0.6 is 0 Å². The summed E-state index contributed by atoms with van der Waals surface area (Å²) in [6, 6.07) is 5.09. The summed E-state index contributed by atoms with van der Waals surface area (Å²) in [4.78, 5) is 26.8. The lowest BCUT2D eigenvalue weighted by Crippen LogP contribution is -2.53. The molecule has 0 saturated carbocycles. The van der Waals surface area contributed by atoms with Crippen molar-refractivity contribution in [2.75, 3.05) is 27.3 Å². The Morgan fingerprint density at radius 2 is 1.92 bits per heavy atom. The van der Waals surface area contributed by atoms with Gasteiger partial charge in [0, 0.05) is 5.56 Å². The fourth-order valence-electron chi connectivity index (χ4n) is 3.78. The third-order valence-corrected chi connectivity index (χ3v) is 5.27. The molecule has 1 aromatic carbocycles. The molecule has 0 aromatic heterocycles. The molecule has 7 heteroatoms. The summed E-state index contributed by atoms with van der Waals surface area (Å²) < 4.78 is 10.7. The maximum absolute atomic E-state index is 13.0. The standard InChI is InChI=1S/C18H25N3O4/c1-18(13-7-9-19-10-8-13)16(22)21(17(23)20-18)11-12-5-4-6-14(24-2)15(12)25-3/h4-6,13,19H,7-11H2,1-3H3,(H,20,23). The number of methoxy groups -OCH3 is 2. The molecule has 2 aliphatic rings. The van der Waals surface area contributed by atoms with Gasteiger partial charge in [-0.15, -0.1) is 0 Å².